The zero-order valence-electron chi connectivity index (χ0n) is 10.5. The minimum absolute atomic E-state index is 0.0766. The number of aliphatic hydroxyl groups is 2. The Balaban J connectivity index is 1.88. The fourth-order valence-electron chi connectivity index (χ4n) is 2.58. The van der Waals surface area contributed by atoms with E-state index in [1.807, 2.05) is 17.7 Å². The van der Waals surface area contributed by atoms with Crippen LogP contribution in [0.1, 0.15) is 6.42 Å². The molecule has 3 heterocycles. The van der Waals surface area contributed by atoms with Crippen LogP contribution in [0.5, 0.6) is 5.88 Å². The fourth-order valence-corrected chi connectivity index (χ4v) is 2.58. The Morgan fingerprint density at radius 1 is 1.47 bits per heavy atom. The van der Waals surface area contributed by atoms with E-state index < -0.39 is 12.2 Å². The molecule has 8 nitrogen and oxygen atoms in total. The maximum Gasteiger partial charge on any atom is 0.239 e. The van der Waals surface area contributed by atoms with Crippen molar-refractivity contribution in [3.05, 3.63) is 6.33 Å². The van der Waals surface area contributed by atoms with Gasteiger partial charge in [0.1, 0.15) is 24.3 Å². The number of rotatable bonds is 2. The van der Waals surface area contributed by atoms with E-state index in [1.54, 1.807) is 0 Å². The van der Waals surface area contributed by atoms with Gasteiger partial charge < -0.3 is 29.8 Å². The van der Waals surface area contributed by atoms with Crippen LogP contribution >= 0.6 is 0 Å². The second-order valence-electron chi connectivity index (χ2n) is 4.79. The monoisotopic (exact) mass is 266 g/mol. The summed E-state index contributed by atoms with van der Waals surface area (Å²) in [5.74, 6) is 0.498. The summed E-state index contributed by atoms with van der Waals surface area (Å²) < 4.78 is 5.61. The van der Waals surface area contributed by atoms with E-state index in [2.05, 4.69) is 9.97 Å². The Bertz CT molecular complexity index is 491. The number of aliphatic hydroxyl groups excluding tert-OH is 2. The molecule has 0 spiro atoms. The number of hydrogen-bond acceptors (Lipinski definition) is 8. The van der Waals surface area contributed by atoms with Crippen LogP contribution in [0.25, 0.3) is 0 Å². The van der Waals surface area contributed by atoms with Crippen LogP contribution in [0.15, 0.2) is 6.33 Å². The fraction of sp³-hybridized carbons (Fsp3) is 0.600. The summed E-state index contributed by atoms with van der Waals surface area (Å²) in [7, 11) is 1.82. The Morgan fingerprint density at radius 3 is 2.95 bits per heavy atom. The molecule has 3 atom stereocenters. The second-order valence-corrected chi connectivity index (χ2v) is 4.79. The normalized spacial score (nSPS) is 29.9. The van der Waals surface area contributed by atoms with Crippen molar-refractivity contribution in [2.75, 3.05) is 23.0 Å². The van der Waals surface area contributed by atoms with Crippen LogP contribution < -0.4 is 9.71 Å². The molecule has 0 saturated carbocycles. The lowest BCUT2D eigenvalue weighted by molar-refractivity contribution is -0.0219. The molecule has 0 bridgehead atoms. The van der Waals surface area contributed by atoms with Gasteiger partial charge in [0, 0.05) is 6.42 Å². The first-order valence-corrected chi connectivity index (χ1v) is 6.08. The van der Waals surface area contributed by atoms with E-state index in [0.29, 0.717) is 24.6 Å². The lowest BCUT2D eigenvalue weighted by Crippen LogP contribution is -2.38. The van der Waals surface area contributed by atoms with E-state index in [0.717, 1.165) is 0 Å². The molecular formula is C10H15BN4O4. The molecule has 0 aromatic carbocycles. The highest BCUT2D eigenvalue weighted by molar-refractivity contribution is 6.20. The largest absolute Gasteiger partial charge is 0.492 e. The quantitative estimate of drug-likeness (QED) is 0.517. The van der Waals surface area contributed by atoms with Crippen molar-refractivity contribution in [3.8, 4) is 5.88 Å². The number of nitrogens with zero attached hydrogens (tertiary/aromatic N) is 4. The molecule has 0 radical (unpaired) electrons. The van der Waals surface area contributed by atoms with Gasteiger partial charge in [-0.3, -0.25) is 0 Å². The maximum atomic E-state index is 9.78. The number of hydrogen-bond donors (Lipinski definition) is 3. The molecule has 1 fully saturated rings. The summed E-state index contributed by atoms with van der Waals surface area (Å²) in [5, 5.41) is 28.7. The number of aromatic nitrogens is 2. The standard InChI is InChI=1S/C10H15BN4O4/c11-15-4-14(7-1-5(17)6(2-16)19-7)9-8(15)10(18)13-3-12-9/h3,5-7,16-17H,1-2,4,11H2,(H,12,13,18)/t5-,6+,7+/m0/s1. The smallest absolute Gasteiger partial charge is 0.239 e. The van der Waals surface area contributed by atoms with Crippen molar-refractivity contribution >= 4 is 19.5 Å². The summed E-state index contributed by atoms with van der Waals surface area (Å²) in [6.45, 7) is 0.264. The molecule has 9 heteroatoms. The Hall–Kier alpha value is -1.58. The highest BCUT2D eigenvalue weighted by Crippen LogP contribution is 2.41. The zero-order chi connectivity index (χ0) is 13.6. The third kappa shape index (κ3) is 1.90. The molecular weight excluding hydrogens is 251 g/mol. The molecule has 0 aliphatic carbocycles. The lowest BCUT2D eigenvalue weighted by atomic mass is 10.2. The highest BCUT2D eigenvalue weighted by Gasteiger charge is 2.41. The van der Waals surface area contributed by atoms with Gasteiger partial charge in [0.05, 0.1) is 19.4 Å². The van der Waals surface area contributed by atoms with Gasteiger partial charge in [-0.1, -0.05) is 0 Å². The molecule has 2 aliphatic heterocycles. The summed E-state index contributed by atoms with van der Waals surface area (Å²) >= 11 is 0. The Kier molecular flexibility index (Phi) is 2.96. The third-order valence-electron chi connectivity index (χ3n) is 3.53. The van der Waals surface area contributed by atoms with Gasteiger partial charge in [-0.05, 0) is 0 Å². The SMILES string of the molecule is BN1CN([C@H]2C[C@H](O)[C@@H](CO)O2)c2ncnc(O)c21. The third-order valence-corrected chi connectivity index (χ3v) is 3.53. The first-order chi connectivity index (χ1) is 9.11. The highest BCUT2D eigenvalue weighted by atomic mass is 16.5. The molecule has 19 heavy (non-hydrogen) atoms. The van der Waals surface area contributed by atoms with E-state index in [4.69, 9.17) is 9.84 Å². The van der Waals surface area contributed by atoms with Crippen LogP contribution in [0.3, 0.4) is 0 Å². The number of fused-ring (bicyclic) bond motifs is 1. The molecule has 102 valence electrons. The second kappa shape index (κ2) is 4.51. The van der Waals surface area contributed by atoms with Crippen molar-refractivity contribution in [3.63, 3.8) is 0 Å². The Morgan fingerprint density at radius 2 is 2.26 bits per heavy atom. The molecule has 1 saturated heterocycles. The average molecular weight is 266 g/mol. The van der Waals surface area contributed by atoms with Crippen LogP contribution in [-0.4, -0.2) is 65.0 Å². The Labute approximate surface area is 110 Å². The predicted octanol–water partition coefficient (Wildman–Crippen LogP) is -2.22. The first kappa shape index (κ1) is 12.5. The number of aromatic hydroxyl groups is 1. The van der Waals surface area contributed by atoms with E-state index in [-0.39, 0.29) is 18.7 Å². The van der Waals surface area contributed by atoms with Crippen LogP contribution in [0.4, 0.5) is 11.5 Å². The van der Waals surface area contributed by atoms with Crippen LogP contribution in [-0.2, 0) is 4.74 Å². The van der Waals surface area contributed by atoms with Crippen LogP contribution in [0, 0.1) is 0 Å². The topological polar surface area (TPSA) is 102 Å². The summed E-state index contributed by atoms with van der Waals surface area (Å²) in [4.78, 5) is 11.6. The molecule has 3 rings (SSSR count). The van der Waals surface area contributed by atoms with Crippen molar-refractivity contribution in [2.45, 2.75) is 24.9 Å². The molecule has 0 amide bonds. The summed E-state index contributed by atoms with van der Waals surface area (Å²) in [5.41, 5.74) is 0.549. The van der Waals surface area contributed by atoms with E-state index in [9.17, 15) is 10.2 Å². The van der Waals surface area contributed by atoms with Gasteiger partial charge in [-0.25, -0.2) is 9.97 Å². The lowest BCUT2D eigenvalue weighted by Gasteiger charge is -2.25. The van der Waals surface area contributed by atoms with Gasteiger partial charge in [0.2, 0.25) is 13.9 Å². The summed E-state index contributed by atoms with van der Waals surface area (Å²) in [6.07, 6.45) is 0.0399. The molecule has 1 aromatic rings. The zero-order valence-corrected chi connectivity index (χ0v) is 10.5. The predicted molar refractivity (Wildman–Crippen MR) is 68.4 cm³/mol. The van der Waals surface area contributed by atoms with E-state index in [1.165, 1.54) is 6.33 Å². The molecule has 0 unspecified atom stereocenters. The van der Waals surface area contributed by atoms with Crippen LogP contribution in [0.2, 0.25) is 0 Å². The van der Waals surface area contributed by atoms with Crippen molar-refractivity contribution in [2.24, 2.45) is 0 Å². The maximum absolute atomic E-state index is 9.78. The molecule has 2 aliphatic rings. The number of ether oxygens (including phenoxy) is 1. The van der Waals surface area contributed by atoms with Crippen molar-refractivity contribution in [1.29, 1.82) is 0 Å². The van der Waals surface area contributed by atoms with Crippen molar-refractivity contribution in [1.82, 2.24) is 9.97 Å². The van der Waals surface area contributed by atoms with Gasteiger partial charge in [0.25, 0.3) is 0 Å². The van der Waals surface area contributed by atoms with E-state index >= 15 is 0 Å². The van der Waals surface area contributed by atoms with Crippen molar-refractivity contribution < 1.29 is 20.1 Å². The van der Waals surface area contributed by atoms with Gasteiger partial charge in [-0.2, -0.15) is 0 Å². The molecule has 1 aromatic heterocycles. The summed E-state index contributed by atoms with van der Waals surface area (Å²) in [6, 6.07) is 0. The minimum Gasteiger partial charge on any atom is -0.492 e. The minimum atomic E-state index is -0.695. The van der Waals surface area contributed by atoms with Gasteiger partial charge >= 0.3 is 0 Å². The molecule has 3 N–H and O–H groups in total. The first-order valence-electron chi connectivity index (χ1n) is 6.08. The van der Waals surface area contributed by atoms with Gasteiger partial charge in [-0.15, -0.1) is 0 Å². The number of anilines is 2. The average Bonchev–Trinajstić information content (AvgIpc) is 2.91. The van der Waals surface area contributed by atoms with Gasteiger partial charge in [0.15, 0.2) is 5.82 Å².